The van der Waals surface area contributed by atoms with Gasteiger partial charge in [-0.15, -0.1) is 0 Å². The molecule has 1 heterocycles. The highest BCUT2D eigenvalue weighted by Gasteiger charge is 2.60. The molecule has 1 aromatic rings. The van der Waals surface area contributed by atoms with Crippen LogP contribution < -0.4 is 0 Å². The predicted molar refractivity (Wildman–Crippen MR) is 32.3 cm³/mol. The lowest BCUT2D eigenvalue weighted by atomic mass is 10.3. The molecule has 1 aromatic heterocycles. The third kappa shape index (κ3) is 2.09. The number of aromatic nitrogens is 2. The van der Waals surface area contributed by atoms with Gasteiger partial charge in [0.25, 0.3) is 0 Å². The Hall–Kier alpha value is -1.35. The number of alkyl halides is 8. The lowest BCUT2D eigenvalue weighted by Gasteiger charge is -2.18. The van der Waals surface area contributed by atoms with E-state index in [1.54, 1.807) is 0 Å². The molecule has 0 aromatic carbocycles. The van der Waals surface area contributed by atoms with E-state index >= 15 is 0 Å². The van der Waals surface area contributed by atoms with Crippen molar-refractivity contribution >= 4 is 0 Å². The summed E-state index contributed by atoms with van der Waals surface area (Å²) in [6.45, 7) is 0. The van der Waals surface area contributed by atoms with Gasteiger partial charge < -0.3 is 0 Å². The second-order valence-corrected chi connectivity index (χ2v) is 2.62. The van der Waals surface area contributed by atoms with Gasteiger partial charge in [-0.25, -0.2) is 0 Å². The first-order chi connectivity index (χ1) is 6.96. The van der Waals surface area contributed by atoms with Crippen LogP contribution in [0.25, 0.3) is 0 Å². The molecule has 1 radical (unpaired) electrons. The summed E-state index contributed by atoms with van der Waals surface area (Å²) in [5.41, 5.74) is -1.81. The highest BCUT2D eigenvalue weighted by molar-refractivity contribution is 5.07. The molecule has 0 unspecified atom stereocenters. The summed E-state index contributed by atoms with van der Waals surface area (Å²) in [4.78, 5) is 0. The molecule has 0 spiro atoms. The fourth-order valence-corrected chi connectivity index (χ4v) is 0.687. The zero-order chi connectivity index (χ0) is 12.8. The van der Waals surface area contributed by atoms with Gasteiger partial charge in [-0.3, -0.25) is 0 Å². The minimum Gasteiger partial charge on any atom is -0.191 e. The molecule has 0 aliphatic carbocycles. The molecule has 10 heteroatoms. The van der Waals surface area contributed by atoms with Gasteiger partial charge in [0, 0.05) is 0 Å². The molecule has 0 atom stereocenters. The zero-order valence-electron chi connectivity index (χ0n) is 7.00. The Morgan fingerprint density at radius 2 is 1.50 bits per heavy atom. The highest BCUT2D eigenvalue weighted by Crippen LogP contribution is 2.40. The van der Waals surface area contributed by atoms with E-state index in [1.807, 2.05) is 0 Å². The zero-order valence-corrected chi connectivity index (χ0v) is 7.00. The van der Waals surface area contributed by atoms with Crippen LogP contribution in [0.3, 0.4) is 0 Å². The second kappa shape index (κ2) is 3.32. The molecule has 0 saturated heterocycles. The Morgan fingerprint density at radius 1 is 1.00 bits per heavy atom. The van der Waals surface area contributed by atoms with Crippen LogP contribution in [-0.4, -0.2) is 16.0 Å². The summed E-state index contributed by atoms with van der Waals surface area (Å²) in [7, 11) is 0. The maximum Gasteiger partial charge on any atom is 0.477 e. The summed E-state index contributed by atoms with van der Waals surface area (Å²) in [5, 5.41) is 2.29. The van der Waals surface area contributed by atoms with Gasteiger partial charge in [0.05, 0.1) is 6.20 Å². The fourth-order valence-electron chi connectivity index (χ4n) is 0.687. The number of rotatable bonds is 1. The SMILES string of the molecule is FC(F)(F)c1[c]n(C(F)(F)C(F)(F)F)nc1. The van der Waals surface area contributed by atoms with Crippen LogP contribution >= 0.6 is 0 Å². The Labute approximate surface area is 82.5 Å². The Morgan fingerprint density at radius 3 is 1.81 bits per heavy atom. The smallest absolute Gasteiger partial charge is 0.191 e. The van der Waals surface area contributed by atoms with Crippen LogP contribution in [0.5, 0.6) is 0 Å². The molecule has 0 aliphatic rings. The summed E-state index contributed by atoms with van der Waals surface area (Å²) >= 11 is 0. The molecule has 91 valence electrons. The highest BCUT2D eigenvalue weighted by atomic mass is 19.4. The van der Waals surface area contributed by atoms with Gasteiger partial charge in [0.15, 0.2) is 0 Å². The molecule has 2 nitrogen and oxygen atoms in total. The molecule has 0 saturated carbocycles. The van der Waals surface area contributed by atoms with Crippen LogP contribution in [0.2, 0.25) is 0 Å². The van der Waals surface area contributed by atoms with Crippen molar-refractivity contribution in [1.82, 2.24) is 9.78 Å². The number of hydrogen-bond donors (Lipinski definition) is 0. The molecular weight excluding hydrogens is 252 g/mol. The largest absolute Gasteiger partial charge is 0.477 e. The average Bonchev–Trinajstić information content (AvgIpc) is 2.47. The van der Waals surface area contributed by atoms with E-state index in [1.165, 1.54) is 0 Å². The first-order valence-corrected chi connectivity index (χ1v) is 3.46. The first-order valence-electron chi connectivity index (χ1n) is 3.46. The number of nitrogens with zero attached hydrogens (tertiary/aromatic N) is 2. The Bertz CT molecular complexity index is 373. The van der Waals surface area contributed by atoms with E-state index in [0.29, 0.717) is 0 Å². The summed E-state index contributed by atoms with van der Waals surface area (Å²) in [6, 6.07) is -5.53. The monoisotopic (exact) mass is 253 g/mol. The molecular formula is C6HF8N2. The van der Waals surface area contributed by atoms with E-state index in [9.17, 15) is 35.1 Å². The normalized spacial score (nSPS) is 14.2. The van der Waals surface area contributed by atoms with Crippen molar-refractivity contribution in [2.75, 3.05) is 0 Å². The Balaban J connectivity index is 3.13. The number of halogens is 8. The van der Waals surface area contributed by atoms with E-state index in [4.69, 9.17) is 0 Å². The molecule has 0 bridgehead atoms. The van der Waals surface area contributed by atoms with Crippen molar-refractivity contribution in [3.8, 4) is 0 Å². The maximum atomic E-state index is 12.4. The summed E-state index contributed by atoms with van der Waals surface area (Å²) in [6.07, 6.45) is -10.5. The fraction of sp³-hybridized carbons (Fsp3) is 0.500. The molecule has 0 aliphatic heterocycles. The van der Waals surface area contributed by atoms with Crippen molar-refractivity contribution in [2.24, 2.45) is 0 Å². The van der Waals surface area contributed by atoms with Crippen molar-refractivity contribution in [3.63, 3.8) is 0 Å². The minimum absolute atomic E-state index is 0.167. The third-order valence-corrected chi connectivity index (χ3v) is 1.44. The van der Waals surface area contributed by atoms with Gasteiger partial charge in [-0.2, -0.15) is 44.9 Å². The van der Waals surface area contributed by atoms with Crippen molar-refractivity contribution in [1.29, 1.82) is 0 Å². The van der Waals surface area contributed by atoms with Crippen molar-refractivity contribution in [2.45, 2.75) is 18.4 Å². The van der Waals surface area contributed by atoms with Crippen molar-refractivity contribution in [3.05, 3.63) is 18.0 Å². The average molecular weight is 253 g/mol. The lowest BCUT2D eigenvalue weighted by molar-refractivity contribution is -0.328. The van der Waals surface area contributed by atoms with Gasteiger partial charge in [-0.1, -0.05) is 0 Å². The van der Waals surface area contributed by atoms with Gasteiger partial charge >= 0.3 is 18.4 Å². The molecule has 0 fully saturated rings. The third-order valence-electron chi connectivity index (χ3n) is 1.44. The van der Waals surface area contributed by atoms with Crippen LogP contribution in [-0.2, 0) is 12.2 Å². The van der Waals surface area contributed by atoms with Crippen LogP contribution in [0, 0.1) is 6.20 Å². The quantitative estimate of drug-likeness (QED) is 0.703. The molecule has 0 N–H and O–H groups in total. The van der Waals surface area contributed by atoms with Crippen LogP contribution in [0.15, 0.2) is 6.20 Å². The topological polar surface area (TPSA) is 17.8 Å². The molecule has 16 heavy (non-hydrogen) atoms. The van der Waals surface area contributed by atoms with E-state index < -0.39 is 28.6 Å². The lowest BCUT2D eigenvalue weighted by Crippen LogP contribution is -2.40. The number of hydrogen-bond acceptors (Lipinski definition) is 1. The van der Waals surface area contributed by atoms with E-state index in [-0.39, 0.29) is 6.20 Å². The van der Waals surface area contributed by atoms with Crippen molar-refractivity contribution < 1.29 is 35.1 Å². The molecule has 1 rings (SSSR count). The molecule has 0 amide bonds. The first kappa shape index (κ1) is 12.7. The summed E-state index contributed by atoms with van der Waals surface area (Å²) < 4.78 is 94.4. The van der Waals surface area contributed by atoms with Gasteiger partial charge in [0.2, 0.25) is 0 Å². The van der Waals surface area contributed by atoms with Crippen LogP contribution in [0.4, 0.5) is 35.1 Å². The summed E-state index contributed by atoms with van der Waals surface area (Å²) in [5.74, 6) is 0. The van der Waals surface area contributed by atoms with Gasteiger partial charge in [-0.05, 0) is 0 Å². The standard InChI is InChI=1S/C6HF8N2/c7-4(8,9)3-1-15-16(2-3)6(13,14)5(10,11)12/h1H. The van der Waals surface area contributed by atoms with Crippen LogP contribution in [0.1, 0.15) is 5.56 Å². The minimum atomic E-state index is -6.04. The maximum absolute atomic E-state index is 12.4. The second-order valence-electron chi connectivity index (χ2n) is 2.62. The predicted octanol–water partition coefficient (Wildman–Crippen LogP) is 2.81. The van der Waals surface area contributed by atoms with E-state index in [2.05, 4.69) is 5.10 Å². The van der Waals surface area contributed by atoms with Gasteiger partial charge in [0.1, 0.15) is 11.8 Å². The van der Waals surface area contributed by atoms with E-state index in [0.717, 1.165) is 6.20 Å². The Kier molecular flexibility index (Phi) is 2.64.